The number of aryl methyl sites for hydroxylation is 1. The Hall–Kier alpha value is -1.30. The summed E-state index contributed by atoms with van der Waals surface area (Å²) in [4.78, 5) is 0. The van der Waals surface area contributed by atoms with Crippen molar-refractivity contribution < 1.29 is 13.2 Å². The normalized spacial score (nSPS) is 11.8. The summed E-state index contributed by atoms with van der Waals surface area (Å²) in [6, 6.07) is 6.75. The third-order valence-corrected chi connectivity index (χ3v) is 3.14. The van der Waals surface area contributed by atoms with Crippen LogP contribution in [-0.4, -0.2) is 9.78 Å². The van der Waals surface area contributed by atoms with Crippen molar-refractivity contribution in [1.82, 2.24) is 9.78 Å². The van der Waals surface area contributed by atoms with Crippen LogP contribution >= 0.6 is 15.9 Å². The Labute approximate surface area is 111 Å². The van der Waals surface area contributed by atoms with Gasteiger partial charge in [0.15, 0.2) is 5.69 Å². The molecule has 0 aliphatic rings. The summed E-state index contributed by atoms with van der Waals surface area (Å²) in [5, 5.41) is 3.94. The van der Waals surface area contributed by atoms with Gasteiger partial charge in [-0.15, -0.1) is 0 Å². The highest BCUT2D eigenvalue weighted by molar-refractivity contribution is 9.08. The van der Waals surface area contributed by atoms with E-state index in [9.17, 15) is 13.2 Å². The number of halogens is 4. The summed E-state index contributed by atoms with van der Waals surface area (Å²) in [6.07, 6.45) is -3.19. The minimum atomic E-state index is -4.43. The molecule has 2 aromatic rings. The Morgan fingerprint density at radius 2 is 1.83 bits per heavy atom. The molecule has 0 aliphatic heterocycles. The lowest BCUT2D eigenvalue weighted by atomic mass is 10.2. The van der Waals surface area contributed by atoms with E-state index in [0.717, 1.165) is 10.2 Å². The van der Waals surface area contributed by atoms with Crippen LogP contribution in [0.25, 0.3) is 5.69 Å². The molecule has 1 aromatic carbocycles. The minimum absolute atomic E-state index is 0.119. The Kier molecular flexibility index (Phi) is 3.47. The van der Waals surface area contributed by atoms with E-state index in [4.69, 9.17) is 0 Å². The maximum atomic E-state index is 13.0. The number of rotatable bonds is 2. The lowest BCUT2D eigenvalue weighted by Gasteiger charge is -2.12. The van der Waals surface area contributed by atoms with Gasteiger partial charge in [-0.2, -0.15) is 18.3 Å². The highest BCUT2D eigenvalue weighted by atomic mass is 79.9. The van der Waals surface area contributed by atoms with E-state index in [1.807, 2.05) is 6.92 Å². The zero-order valence-corrected chi connectivity index (χ0v) is 11.1. The summed E-state index contributed by atoms with van der Waals surface area (Å²) in [7, 11) is 0. The quantitative estimate of drug-likeness (QED) is 0.762. The van der Waals surface area contributed by atoms with Gasteiger partial charge in [0, 0.05) is 10.9 Å². The zero-order chi connectivity index (χ0) is 13.3. The van der Waals surface area contributed by atoms with E-state index in [1.165, 1.54) is 6.20 Å². The minimum Gasteiger partial charge on any atom is -0.228 e. The molecule has 96 valence electrons. The number of hydrogen-bond donors (Lipinski definition) is 0. The van der Waals surface area contributed by atoms with Gasteiger partial charge in [0.2, 0.25) is 0 Å². The second-order valence-electron chi connectivity index (χ2n) is 3.90. The monoisotopic (exact) mass is 318 g/mol. The van der Waals surface area contributed by atoms with Crippen molar-refractivity contribution in [3.63, 3.8) is 0 Å². The Morgan fingerprint density at radius 3 is 2.33 bits per heavy atom. The molecule has 18 heavy (non-hydrogen) atoms. The predicted octanol–water partition coefficient (Wildman–Crippen LogP) is 4.09. The predicted molar refractivity (Wildman–Crippen MR) is 65.9 cm³/mol. The first-order chi connectivity index (χ1) is 8.43. The summed E-state index contributed by atoms with van der Waals surface area (Å²) < 4.78 is 40.0. The van der Waals surface area contributed by atoms with E-state index in [-0.39, 0.29) is 10.9 Å². The van der Waals surface area contributed by atoms with Crippen LogP contribution in [-0.2, 0) is 11.5 Å². The molecular formula is C12H10BrF3N2. The average molecular weight is 319 g/mol. The van der Waals surface area contributed by atoms with Crippen LogP contribution in [0.15, 0.2) is 30.5 Å². The van der Waals surface area contributed by atoms with E-state index in [2.05, 4.69) is 21.0 Å². The van der Waals surface area contributed by atoms with Crippen molar-refractivity contribution in [3.05, 3.63) is 47.3 Å². The second kappa shape index (κ2) is 4.76. The molecule has 1 heterocycles. The lowest BCUT2D eigenvalue weighted by Crippen LogP contribution is -2.15. The molecule has 0 aliphatic carbocycles. The molecule has 2 rings (SSSR count). The maximum absolute atomic E-state index is 13.0. The van der Waals surface area contributed by atoms with Gasteiger partial charge in [0.1, 0.15) is 0 Å². The SMILES string of the molecule is Cc1ccc(-n2ncc(CBr)c2C(F)(F)F)cc1. The number of aromatic nitrogens is 2. The van der Waals surface area contributed by atoms with Gasteiger partial charge < -0.3 is 0 Å². The molecule has 0 atom stereocenters. The van der Waals surface area contributed by atoms with Crippen LogP contribution in [0.1, 0.15) is 16.8 Å². The summed E-state index contributed by atoms with van der Waals surface area (Å²) >= 11 is 3.04. The van der Waals surface area contributed by atoms with Crippen LogP contribution in [0, 0.1) is 6.92 Å². The molecule has 0 amide bonds. The van der Waals surface area contributed by atoms with Crippen molar-refractivity contribution >= 4 is 15.9 Å². The van der Waals surface area contributed by atoms with Crippen LogP contribution in [0.4, 0.5) is 13.2 Å². The zero-order valence-electron chi connectivity index (χ0n) is 9.50. The fraction of sp³-hybridized carbons (Fsp3) is 0.250. The van der Waals surface area contributed by atoms with Crippen molar-refractivity contribution in [2.24, 2.45) is 0 Å². The van der Waals surface area contributed by atoms with Crippen LogP contribution < -0.4 is 0 Å². The highest BCUT2D eigenvalue weighted by Gasteiger charge is 2.38. The smallest absolute Gasteiger partial charge is 0.228 e. The number of nitrogens with zero attached hydrogens (tertiary/aromatic N) is 2. The molecule has 0 fully saturated rings. The summed E-state index contributed by atoms with van der Waals surface area (Å²) in [5.74, 6) is 0. The van der Waals surface area contributed by atoms with Gasteiger partial charge in [-0.3, -0.25) is 0 Å². The molecule has 0 saturated heterocycles. The Bertz CT molecular complexity index is 543. The molecule has 1 aromatic heterocycles. The van der Waals surface area contributed by atoms with Gasteiger partial charge in [0.25, 0.3) is 0 Å². The van der Waals surface area contributed by atoms with Crippen molar-refractivity contribution in [2.75, 3.05) is 0 Å². The van der Waals surface area contributed by atoms with Crippen molar-refractivity contribution in [3.8, 4) is 5.69 Å². The first kappa shape index (κ1) is 13.1. The van der Waals surface area contributed by atoms with E-state index < -0.39 is 11.9 Å². The fourth-order valence-corrected chi connectivity index (χ4v) is 2.07. The first-order valence-corrected chi connectivity index (χ1v) is 6.32. The number of benzene rings is 1. The molecule has 0 unspecified atom stereocenters. The summed E-state index contributed by atoms with van der Waals surface area (Å²) in [6.45, 7) is 1.88. The van der Waals surface area contributed by atoms with E-state index in [1.54, 1.807) is 24.3 Å². The van der Waals surface area contributed by atoms with Gasteiger partial charge in [-0.1, -0.05) is 33.6 Å². The van der Waals surface area contributed by atoms with Gasteiger partial charge in [-0.25, -0.2) is 4.68 Å². The Morgan fingerprint density at radius 1 is 1.22 bits per heavy atom. The largest absolute Gasteiger partial charge is 0.433 e. The molecule has 2 nitrogen and oxygen atoms in total. The van der Waals surface area contributed by atoms with Crippen LogP contribution in [0.2, 0.25) is 0 Å². The third kappa shape index (κ3) is 2.43. The van der Waals surface area contributed by atoms with Gasteiger partial charge >= 0.3 is 6.18 Å². The van der Waals surface area contributed by atoms with E-state index >= 15 is 0 Å². The standard InChI is InChI=1S/C12H10BrF3N2/c1-8-2-4-10(5-3-8)18-11(12(14,15)16)9(6-13)7-17-18/h2-5,7H,6H2,1H3. The van der Waals surface area contributed by atoms with Crippen molar-refractivity contribution in [1.29, 1.82) is 0 Å². The molecule has 0 bridgehead atoms. The van der Waals surface area contributed by atoms with E-state index in [0.29, 0.717) is 5.69 Å². The third-order valence-electron chi connectivity index (χ3n) is 2.54. The molecule has 0 saturated carbocycles. The molecular weight excluding hydrogens is 309 g/mol. The highest BCUT2D eigenvalue weighted by Crippen LogP contribution is 2.34. The average Bonchev–Trinajstić information content (AvgIpc) is 2.73. The fourth-order valence-electron chi connectivity index (χ4n) is 1.66. The van der Waals surface area contributed by atoms with Crippen molar-refractivity contribution in [2.45, 2.75) is 18.4 Å². The Balaban J connectivity index is 2.58. The van der Waals surface area contributed by atoms with Crippen LogP contribution in [0.5, 0.6) is 0 Å². The lowest BCUT2D eigenvalue weighted by molar-refractivity contribution is -0.143. The number of alkyl halides is 4. The topological polar surface area (TPSA) is 17.8 Å². The molecule has 6 heteroatoms. The first-order valence-electron chi connectivity index (χ1n) is 5.20. The number of hydrogen-bond acceptors (Lipinski definition) is 1. The molecule has 0 N–H and O–H groups in total. The second-order valence-corrected chi connectivity index (χ2v) is 4.46. The maximum Gasteiger partial charge on any atom is 0.433 e. The van der Waals surface area contributed by atoms with Gasteiger partial charge in [-0.05, 0) is 19.1 Å². The summed E-state index contributed by atoms with van der Waals surface area (Å²) in [5.41, 5.74) is 0.784. The van der Waals surface area contributed by atoms with Gasteiger partial charge in [0.05, 0.1) is 11.9 Å². The van der Waals surface area contributed by atoms with Crippen LogP contribution in [0.3, 0.4) is 0 Å². The molecule has 0 spiro atoms. The molecule has 0 radical (unpaired) electrons.